The minimum absolute atomic E-state index is 0.0119. The quantitative estimate of drug-likeness (QED) is 0.915. The Kier molecular flexibility index (Phi) is 4.98. The zero-order chi connectivity index (χ0) is 15.5. The monoisotopic (exact) mass is 324 g/mol. The fourth-order valence-electron chi connectivity index (χ4n) is 3.02. The van der Waals surface area contributed by atoms with Gasteiger partial charge in [0.05, 0.1) is 49.1 Å². The molecular formula is C16H21ClN2O3. The van der Waals surface area contributed by atoms with Crippen LogP contribution in [0.2, 0.25) is 5.02 Å². The molecule has 1 aromatic rings. The normalized spacial score (nSPS) is 26.1. The fourth-order valence-corrected chi connectivity index (χ4v) is 3.23. The van der Waals surface area contributed by atoms with E-state index in [4.69, 9.17) is 21.1 Å². The van der Waals surface area contributed by atoms with Crippen molar-refractivity contribution in [3.63, 3.8) is 0 Å². The highest BCUT2D eigenvalue weighted by atomic mass is 35.5. The molecule has 3 rings (SSSR count). The molecule has 2 aliphatic rings. The van der Waals surface area contributed by atoms with E-state index in [1.807, 2.05) is 19.1 Å². The Labute approximate surface area is 135 Å². The predicted octanol–water partition coefficient (Wildman–Crippen LogP) is 1.48. The Morgan fingerprint density at radius 1 is 1.27 bits per heavy atom. The van der Waals surface area contributed by atoms with Crippen molar-refractivity contribution in [2.75, 3.05) is 39.5 Å². The number of amides is 1. The number of rotatable bonds is 3. The average Bonchev–Trinajstić information content (AvgIpc) is 2.99. The largest absolute Gasteiger partial charge is 0.379 e. The van der Waals surface area contributed by atoms with Gasteiger partial charge in [0.1, 0.15) is 0 Å². The summed E-state index contributed by atoms with van der Waals surface area (Å²) >= 11 is 6.24. The van der Waals surface area contributed by atoms with Crippen LogP contribution in [0.3, 0.4) is 0 Å². The van der Waals surface area contributed by atoms with Crippen LogP contribution >= 0.6 is 11.6 Å². The molecule has 22 heavy (non-hydrogen) atoms. The van der Waals surface area contributed by atoms with Gasteiger partial charge in [-0.15, -0.1) is 0 Å². The van der Waals surface area contributed by atoms with E-state index in [-0.39, 0.29) is 18.0 Å². The molecule has 1 N–H and O–H groups in total. The van der Waals surface area contributed by atoms with Gasteiger partial charge in [-0.2, -0.15) is 0 Å². The third-order valence-electron chi connectivity index (χ3n) is 4.32. The number of ether oxygens (including phenoxy) is 2. The zero-order valence-electron chi connectivity index (χ0n) is 12.7. The molecule has 120 valence electrons. The number of nitrogens with zero attached hydrogens (tertiary/aromatic N) is 1. The van der Waals surface area contributed by atoms with Gasteiger partial charge in [0.2, 0.25) is 0 Å². The topological polar surface area (TPSA) is 50.8 Å². The smallest absolute Gasteiger partial charge is 0.253 e. The van der Waals surface area contributed by atoms with E-state index in [2.05, 4.69) is 10.2 Å². The molecule has 2 atom stereocenters. The first kappa shape index (κ1) is 15.7. The first-order chi connectivity index (χ1) is 10.7. The van der Waals surface area contributed by atoms with Gasteiger partial charge < -0.3 is 14.8 Å². The number of halogens is 1. The maximum Gasteiger partial charge on any atom is 0.253 e. The van der Waals surface area contributed by atoms with Gasteiger partial charge in [-0.25, -0.2) is 0 Å². The van der Waals surface area contributed by atoms with Crippen LogP contribution in [0.5, 0.6) is 0 Å². The standard InChI is InChI=1S/C16H21ClN2O3/c1-11-3-2-4-12(15(11)17)16(20)18-13-9-22-10-14(13)19-5-7-21-8-6-19/h2-4,13-14H,5-10H2,1H3,(H,18,20)/t13-,14-/m0/s1. The summed E-state index contributed by atoms with van der Waals surface area (Å²) in [5, 5.41) is 3.60. The summed E-state index contributed by atoms with van der Waals surface area (Å²) in [5.41, 5.74) is 1.43. The summed E-state index contributed by atoms with van der Waals surface area (Å²) in [6.45, 7) is 6.32. The van der Waals surface area contributed by atoms with Crippen molar-refractivity contribution in [3.05, 3.63) is 34.3 Å². The van der Waals surface area contributed by atoms with Crippen molar-refractivity contribution in [1.82, 2.24) is 10.2 Å². The molecule has 6 heteroatoms. The molecular weight excluding hydrogens is 304 g/mol. The first-order valence-electron chi connectivity index (χ1n) is 7.62. The van der Waals surface area contributed by atoms with Crippen molar-refractivity contribution in [3.8, 4) is 0 Å². The Bertz CT molecular complexity index is 546. The van der Waals surface area contributed by atoms with Crippen molar-refractivity contribution >= 4 is 17.5 Å². The number of aryl methyl sites for hydroxylation is 1. The maximum atomic E-state index is 12.5. The molecule has 0 aliphatic carbocycles. The van der Waals surface area contributed by atoms with E-state index in [1.165, 1.54) is 0 Å². The van der Waals surface area contributed by atoms with Crippen molar-refractivity contribution < 1.29 is 14.3 Å². The summed E-state index contributed by atoms with van der Waals surface area (Å²) in [6.07, 6.45) is 0. The third-order valence-corrected chi connectivity index (χ3v) is 4.82. The lowest BCUT2D eigenvalue weighted by molar-refractivity contribution is 0.0108. The Balaban J connectivity index is 1.68. The van der Waals surface area contributed by atoms with Gasteiger partial charge in [-0.3, -0.25) is 9.69 Å². The molecule has 1 amide bonds. The van der Waals surface area contributed by atoms with Gasteiger partial charge in [-0.1, -0.05) is 23.7 Å². The van der Waals surface area contributed by atoms with Crippen LogP contribution in [0.4, 0.5) is 0 Å². The number of benzene rings is 1. The molecule has 5 nitrogen and oxygen atoms in total. The van der Waals surface area contributed by atoms with Crippen LogP contribution in [0, 0.1) is 6.92 Å². The van der Waals surface area contributed by atoms with E-state index >= 15 is 0 Å². The van der Waals surface area contributed by atoms with Crippen LogP contribution in [0.1, 0.15) is 15.9 Å². The lowest BCUT2D eigenvalue weighted by Gasteiger charge is -2.34. The van der Waals surface area contributed by atoms with Crippen molar-refractivity contribution in [2.45, 2.75) is 19.0 Å². The second-order valence-corrected chi connectivity index (χ2v) is 6.15. The molecule has 2 aliphatic heterocycles. The lowest BCUT2D eigenvalue weighted by Crippen LogP contribution is -2.54. The van der Waals surface area contributed by atoms with Gasteiger partial charge in [0, 0.05) is 13.1 Å². The maximum absolute atomic E-state index is 12.5. The van der Waals surface area contributed by atoms with Crippen LogP contribution in [0.15, 0.2) is 18.2 Å². The SMILES string of the molecule is Cc1cccc(C(=O)N[C@H]2COC[C@@H]2N2CCOCC2)c1Cl. The minimum Gasteiger partial charge on any atom is -0.379 e. The highest BCUT2D eigenvalue weighted by Crippen LogP contribution is 2.21. The number of hydrogen-bond acceptors (Lipinski definition) is 4. The Hall–Kier alpha value is -1.14. The van der Waals surface area contributed by atoms with E-state index in [0.717, 1.165) is 31.9 Å². The average molecular weight is 325 g/mol. The molecule has 0 unspecified atom stereocenters. The molecule has 2 heterocycles. The number of morpholine rings is 1. The summed E-state index contributed by atoms with van der Waals surface area (Å²) in [7, 11) is 0. The van der Waals surface area contributed by atoms with Crippen molar-refractivity contribution in [2.24, 2.45) is 0 Å². The number of hydrogen-bond donors (Lipinski definition) is 1. The molecule has 0 spiro atoms. The molecule has 1 aromatic carbocycles. The number of carbonyl (C=O) groups is 1. The summed E-state index contributed by atoms with van der Waals surface area (Å²) in [6, 6.07) is 5.69. The van der Waals surface area contributed by atoms with Gasteiger partial charge in [0.25, 0.3) is 5.91 Å². The van der Waals surface area contributed by atoms with E-state index in [9.17, 15) is 4.79 Å². The summed E-state index contributed by atoms with van der Waals surface area (Å²) in [5.74, 6) is -0.137. The van der Waals surface area contributed by atoms with Crippen LogP contribution in [-0.2, 0) is 9.47 Å². The highest BCUT2D eigenvalue weighted by molar-refractivity contribution is 6.34. The summed E-state index contributed by atoms with van der Waals surface area (Å²) in [4.78, 5) is 14.8. The van der Waals surface area contributed by atoms with E-state index < -0.39 is 0 Å². The van der Waals surface area contributed by atoms with Gasteiger partial charge in [0.15, 0.2) is 0 Å². The highest BCUT2D eigenvalue weighted by Gasteiger charge is 2.35. The van der Waals surface area contributed by atoms with E-state index in [1.54, 1.807) is 6.07 Å². The summed E-state index contributed by atoms with van der Waals surface area (Å²) < 4.78 is 11.0. The van der Waals surface area contributed by atoms with Crippen LogP contribution < -0.4 is 5.32 Å². The molecule has 2 saturated heterocycles. The molecule has 2 fully saturated rings. The molecule has 0 saturated carbocycles. The van der Waals surface area contributed by atoms with E-state index in [0.29, 0.717) is 23.8 Å². The molecule has 0 bridgehead atoms. The molecule has 0 aromatic heterocycles. The van der Waals surface area contributed by atoms with Crippen molar-refractivity contribution in [1.29, 1.82) is 0 Å². The second-order valence-electron chi connectivity index (χ2n) is 5.77. The van der Waals surface area contributed by atoms with Crippen LogP contribution in [-0.4, -0.2) is 62.4 Å². The predicted molar refractivity (Wildman–Crippen MR) is 84.4 cm³/mol. The molecule has 0 radical (unpaired) electrons. The second kappa shape index (κ2) is 6.96. The lowest BCUT2D eigenvalue weighted by atomic mass is 10.1. The minimum atomic E-state index is -0.137. The van der Waals surface area contributed by atoms with Gasteiger partial charge in [-0.05, 0) is 18.6 Å². The van der Waals surface area contributed by atoms with Gasteiger partial charge >= 0.3 is 0 Å². The Morgan fingerprint density at radius 2 is 2.05 bits per heavy atom. The fraction of sp³-hybridized carbons (Fsp3) is 0.562. The number of nitrogens with one attached hydrogen (secondary N) is 1. The Morgan fingerprint density at radius 3 is 2.82 bits per heavy atom. The number of carbonyl (C=O) groups excluding carboxylic acids is 1. The zero-order valence-corrected chi connectivity index (χ0v) is 13.4. The third kappa shape index (κ3) is 3.27. The first-order valence-corrected chi connectivity index (χ1v) is 8.00. The van der Waals surface area contributed by atoms with Crippen LogP contribution in [0.25, 0.3) is 0 Å².